The van der Waals surface area contributed by atoms with E-state index in [0.717, 1.165) is 42.1 Å². The summed E-state index contributed by atoms with van der Waals surface area (Å²) in [5, 5.41) is 12.6. The molecule has 0 amide bonds. The van der Waals surface area contributed by atoms with Gasteiger partial charge in [-0.15, -0.1) is 0 Å². The van der Waals surface area contributed by atoms with E-state index in [0.29, 0.717) is 31.1 Å². The maximum atomic E-state index is 13.3. The van der Waals surface area contributed by atoms with E-state index in [4.69, 9.17) is 14.2 Å². The van der Waals surface area contributed by atoms with Crippen LogP contribution in [0.15, 0.2) is 36.4 Å². The fourth-order valence-electron chi connectivity index (χ4n) is 4.01. The number of hydrogen-bond donors (Lipinski definition) is 2. The monoisotopic (exact) mass is 387 g/mol. The quantitative estimate of drug-likeness (QED) is 0.764. The van der Waals surface area contributed by atoms with Gasteiger partial charge in [0.2, 0.25) is 6.79 Å². The van der Waals surface area contributed by atoms with Gasteiger partial charge in [0.15, 0.2) is 11.5 Å². The summed E-state index contributed by atoms with van der Waals surface area (Å²) in [6.07, 6.45) is 2.38. The predicted molar refractivity (Wildman–Crippen MR) is 104 cm³/mol. The van der Waals surface area contributed by atoms with Crippen LogP contribution in [0.2, 0.25) is 0 Å². The summed E-state index contributed by atoms with van der Waals surface area (Å²) in [6, 6.07) is 10.7. The van der Waals surface area contributed by atoms with E-state index < -0.39 is 0 Å². The third-order valence-corrected chi connectivity index (χ3v) is 5.52. The largest absolute Gasteiger partial charge is 0.493 e. The van der Waals surface area contributed by atoms with Gasteiger partial charge in [-0.1, -0.05) is 12.1 Å². The second-order valence-corrected chi connectivity index (χ2v) is 7.36. The third kappa shape index (κ3) is 4.23. The smallest absolute Gasteiger partial charge is 0.231 e. The van der Waals surface area contributed by atoms with Crippen molar-refractivity contribution in [2.45, 2.75) is 25.2 Å². The number of nitrogens with one attached hydrogen (secondary N) is 1. The van der Waals surface area contributed by atoms with Crippen molar-refractivity contribution >= 4 is 0 Å². The van der Waals surface area contributed by atoms with Crippen molar-refractivity contribution in [1.29, 1.82) is 0 Å². The average molecular weight is 387 g/mol. The van der Waals surface area contributed by atoms with Crippen LogP contribution in [0.1, 0.15) is 29.9 Å². The van der Waals surface area contributed by atoms with Gasteiger partial charge in [-0.3, -0.25) is 0 Å². The Kier molecular flexibility index (Phi) is 5.98. The van der Waals surface area contributed by atoms with Crippen LogP contribution in [-0.2, 0) is 6.42 Å². The van der Waals surface area contributed by atoms with Crippen molar-refractivity contribution in [2.75, 3.05) is 33.1 Å². The number of rotatable bonds is 7. The topological polar surface area (TPSA) is 60.0 Å². The lowest BCUT2D eigenvalue weighted by Gasteiger charge is -2.32. The summed E-state index contributed by atoms with van der Waals surface area (Å²) < 4.78 is 30.5. The van der Waals surface area contributed by atoms with Crippen molar-refractivity contribution in [3.05, 3.63) is 53.3 Å². The van der Waals surface area contributed by atoms with Crippen LogP contribution < -0.4 is 19.5 Å². The van der Waals surface area contributed by atoms with E-state index >= 15 is 0 Å². The van der Waals surface area contributed by atoms with Crippen molar-refractivity contribution in [1.82, 2.24) is 5.32 Å². The summed E-state index contributed by atoms with van der Waals surface area (Å²) in [5.74, 6) is 2.61. The van der Waals surface area contributed by atoms with E-state index in [1.54, 1.807) is 0 Å². The molecule has 0 aromatic heterocycles. The number of benzene rings is 2. The average Bonchev–Trinajstić information content (AvgIpc) is 3.18. The van der Waals surface area contributed by atoms with Crippen molar-refractivity contribution < 1.29 is 23.7 Å². The van der Waals surface area contributed by atoms with Gasteiger partial charge in [0.25, 0.3) is 0 Å². The molecule has 0 spiro atoms. The Morgan fingerprint density at radius 2 is 1.93 bits per heavy atom. The summed E-state index contributed by atoms with van der Waals surface area (Å²) >= 11 is 0. The summed E-state index contributed by atoms with van der Waals surface area (Å²) in [6.45, 7) is 2.72. The molecular weight excluding hydrogens is 361 g/mol. The van der Waals surface area contributed by atoms with Crippen LogP contribution in [0.3, 0.4) is 0 Å². The molecule has 4 rings (SSSR count). The van der Waals surface area contributed by atoms with E-state index in [1.807, 2.05) is 24.3 Å². The molecule has 0 saturated carbocycles. The second-order valence-electron chi connectivity index (χ2n) is 7.36. The first-order valence-corrected chi connectivity index (χ1v) is 9.87. The lowest BCUT2D eigenvalue weighted by Crippen LogP contribution is -2.38. The third-order valence-electron chi connectivity index (χ3n) is 5.52. The first-order chi connectivity index (χ1) is 13.7. The van der Waals surface area contributed by atoms with Crippen molar-refractivity contribution in [2.24, 2.45) is 5.92 Å². The zero-order valence-electron chi connectivity index (χ0n) is 15.8. The number of aryl methyl sites for hydroxylation is 1. The normalized spacial score (nSPS) is 20.9. The molecule has 1 unspecified atom stereocenters. The van der Waals surface area contributed by atoms with E-state index in [2.05, 4.69) is 5.32 Å². The molecule has 0 bridgehead atoms. The highest BCUT2D eigenvalue weighted by atomic mass is 19.1. The minimum absolute atomic E-state index is 0.132. The molecule has 5 nitrogen and oxygen atoms in total. The zero-order chi connectivity index (χ0) is 19.3. The van der Waals surface area contributed by atoms with Crippen LogP contribution in [0.4, 0.5) is 4.39 Å². The number of halogens is 1. The van der Waals surface area contributed by atoms with Gasteiger partial charge in [-0.05, 0) is 61.1 Å². The Morgan fingerprint density at radius 1 is 1.14 bits per heavy atom. The van der Waals surface area contributed by atoms with E-state index in [-0.39, 0.29) is 25.1 Å². The standard InChI is InChI=1S/C22H26FNO4/c23-18-5-3-15(4-6-18)19-7-8-24-12-17(19)13-26-20-11-22-21(27-14-28-22)10-16(20)2-1-9-25/h3-6,10-11,17,19,24-25H,1-2,7-9,12-14H2/t17-,19?/m0/s1. The second kappa shape index (κ2) is 8.80. The van der Waals surface area contributed by atoms with E-state index in [9.17, 15) is 9.50 Å². The molecule has 2 aliphatic heterocycles. The van der Waals surface area contributed by atoms with Crippen LogP contribution in [0.5, 0.6) is 17.2 Å². The van der Waals surface area contributed by atoms with Crippen LogP contribution in [0, 0.1) is 11.7 Å². The highest BCUT2D eigenvalue weighted by Gasteiger charge is 2.28. The minimum Gasteiger partial charge on any atom is -0.493 e. The Balaban J connectivity index is 1.49. The molecule has 2 aromatic rings. The molecule has 150 valence electrons. The molecule has 1 fully saturated rings. The number of hydrogen-bond acceptors (Lipinski definition) is 5. The fraction of sp³-hybridized carbons (Fsp3) is 0.455. The molecule has 2 N–H and O–H groups in total. The lowest BCUT2D eigenvalue weighted by atomic mass is 9.81. The number of piperidine rings is 1. The van der Waals surface area contributed by atoms with Crippen LogP contribution in [0.25, 0.3) is 0 Å². The van der Waals surface area contributed by atoms with Gasteiger partial charge in [-0.25, -0.2) is 4.39 Å². The number of ether oxygens (including phenoxy) is 3. The highest BCUT2D eigenvalue weighted by Crippen LogP contribution is 2.39. The zero-order valence-corrected chi connectivity index (χ0v) is 15.8. The highest BCUT2D eigenvalue weighted by molar-refractivity contribution is 5.52. The molecule has 2 atom stereocenters. The van der Waals surface area contributed by atoms with E-state index in [1.165, 1.54) is 12.1 Å². The van der Waals surface area contributed by atoms with Gasteiger partial charge < -0.3 is 24.6 Å². The van der Waals surface area contributed by atoms with Gasteiger partial charge >= 0.3 is 0 Å². The SMILES string of the molecule is OCCCc1cc2c(cc1OC[C@@H]1CNCCC1c1ccc(F)cc1)OCO2. The first kappa shape index (κ1) is 19.0. The number of fused-ring (bicyclic) bond motifs is 1. The molecule has 2 heterocycles. The van der Waals surface area contributed by atoms with Crippen LogP contribution >= 0.6 is 0 Å². The summed E-state index contributed by atoms with van der Waals surface area (Å²) in [4.78, 5) is 0. The Morgan fingerprint density at radius 3 is 2.71 bits per heavy atom. The Bertz CT molecular complexity index is 796. The molecule has 28 heavy (non-hydrogen) atoms. The van der Waals surface area contributed by atoms with Gasteiger partial charge in [0.1, 0.15) is 11.6 Å². The number of aliphatic hydroxyl groups excluding tert-OH is 1. The Hall–Kier alpha value is -2.31. The molecular formula is C22H26FNO4. The molecule has 2 aliphatic rings. The fourth-order valence-corrected chi connectivity index (χ4v) is 4.01. The van der Waals surface area contributed by atoms with Gasteiger partial charge in [0.05, 0.1) is 6.61 Å². The number of aliphatic hydroxyl groups is 1. The summed E-state index contributed by atoms with van der Waals surface area (Å²) in [5.41, 5.74) is 2.17. The van der Waals surface area contributed by atoms with Crippen molar-refractivity contribution in [3.8, 4) is 17.2 Å². The first-order valence-electron chi connectivity index (χ1n) is 9.87. The minimum atomic E-state index is -0.209. The molecule has 6 heteroatoms. The molecule has 0 aliphatic carbocycles. The van der Waals surface area contributed by atoms with Crippen molar-refractivity contribution in [3.63, 3.8) is 0 Å². The summed E-state index contributed by atoms with van der Waals surface area (Å²) in [7, 11) is 0. The van der Waals surface area contributed by atoms with Gasteiger partial charge in [0, 0.05) is 25.1 Å². The maximum Gasteiger partial charge on any atom is 0.231 e. The van der Waals surface area contributed by atoms with Gasteiger partial charge in [-0.2, -0.15) is 0 Å². The lowest BCUT2D eigenvalue weighted by molar-refractivity contribution is 0.173. The predicted octanol–water partition coefficient (Wildman–Crippen LogP) is 3.25. The molecule has 2 aromatic carbocycles. The molecule has 0 radical (unpaired) electrons. The molecule has 1 saturated heterocycles. The Labute approximate surface area is 164 Å². The maximum absolute atomic E-state index is 13.3. The van der Waals surface area contributed by atoms with Crippen LogP contribution in [-0.4, -0.2) is 38.2 Å².